The van der Waals surface area contributed by atoms with E-state index in [0.717, 1.165) is 12.8 Å². The Kier molecular flexibility index (Phi) is 4.25. The number of rotatable bonds is 5. The van der Waals surface area contributed by atoms with Gasteiger partial charge in [0.05, 0.1) is 0 Å². The third kappa shape index (κ3) is 3.57. The molecule has 0 saturated carbocycles. The van der Waals surface area contributed by atoms with Crippen molar-refractivity contribution in [2.75, 3.05) is 0 Å². The van der Waals surface area contributed by atoms with Gasteiger partial charge in [-0.1, -0.05) is 20.8 Å². The lowest BCUT2D eigenvalue weighted by Gasteiger charge is -2.38. The molecule has 0 spiro atoms. The average Bonchev–Trinajstić information content (AvgIpc) is 2.04. The maximum atomic E-state index is 4.14. The summed E-state index contributed by atoms with van der Waals surface area (Å²) >= 11 is 0. The van der Waals surface area contributed by atoms with Gasteiger partial charge in [-0.05, 0) is 40.0 Å². The highest BCUT2D eigenvalue weighted by Gasteiger charge is 2.27. The van der Waals surface area contributed by atoms with Gasteiger partial charge in [-0.2, -0.15) is 0 Å². The molecule has 72 valence electrons. The smallest absolute Gasteiger partial charge is 0.0184 e. The summed E-state index contributed by atoms with van der Waals surface area (Å²) in [4.78, 5) is 0. The monoisotopic (exact) mass is 169 g/mol. The van der Waals surface area contributed by atoms with E-state index in [0.29, 0.717) is 0 Å². The highest BCUT2D eigenvalue weighted by Crippen LogP contribution is 2.19. The predicted molar refractivity (Wildman–Crippen MR) is 55.9 cm³/mol. The van der Waals surface area contributed by atoms with Gasteiger partial charge in [0, 0.05) is 11.1 Å². The largest absolute Gasteiger partial charge is 0.306 e. The first-order valence-corrected chi connectivity index (χ1v) is 4.84. The molecular weight excluding hydrogens is 146 g/mol. The Labute approximate surface area is 77.9 Å². The van der Waals surface area contributed by atoms with E-state index in [1.165, 1.54) is 0 Å². The van der Waals surface area contributed by atoms with Gasteiger partial charge in [0.1, 0.15) is 0 Å². The van der Waals surface area contributed by atoms with E-state index >= 15 is 0 Å². The van der Waals surface area contributed by atoms with Crippen LogP contribution in [0.5, 0.6) is 0 Å². The van der Waals surface area contributed by atoms with Crippen LogP contribution in [0.3, 0.4) is 0 Å². The van der Waals surface area contributed by atoms with E-state index in [-0.39, 0.29) is 11.1 Å². The molecule has 2 unspecified atom stereocenters. The molecule has 0 bridgehead atoms. The molecule has 0 aliphatic rings. The fourth-order valence-electron chi connectivity index (χ4n) is 1.14. The van der Waals surface area contributed by atoms with Gasteiger partial charge >= 0.3 is 0 Å². The van der Waals surface area contributed by atoms with E-state index in [1.54, 1.807) is 0 Å². The Bertz CT molecular complexity index is 123. The molecule has 1 nitrogen and oxygen atoms in total. The van der Waals surface area contributed by atoms with Gasteiger partial charge in [-0.15, -0.1) is 0 Å². The summed E-state index contributed by atoms with van der Waals surface area (Å²) in [7, 11) is 0. The molecule has 0 heterocycles. The summed E-state index contributed by atoms with van der Waals surface area (Å²) in [6, 6.07) is 0. The van der Waals surface area contributed by atoms with Crippen LogP contribution in [0.15, 0.2) is 0 Å². The highest BCUT2D eigenvalue weighted by molar-refractivity contribution is 5.00. The van der Waals surface area contributed by atoms with Crippen LogP contribution in [0.1, 0.15) is 47.5 Å². The van der Waals surface area contributed by atoms with Crippen molar-refractivity contribution in [2.45, 2.75) is 58.5 Å². The number of hydrogen-bond acceptors (Lipinski definition) is 1. The third-order valence-corrected chi connectivity index (χ3v) is 2.74. The molecule has 12 heavy (non-hydrogen) atoms. The predicted octanol–water partition coefficient (Wildman–Crippen LogP) is 2.97. The normalized spacial score (nSPS) is 13.5. The Morgan fingerprint density at radius 2 is 1.75 bits per heavy atom. The minimum absolute atomic E-state index is 0.00271. The van der Waals surface area contributed by atoms with Crippen molar-refractivity contribution in [2.24, 2.45) is 0 Å². The molecule has 0 aromatic carbocycles. The molecule has 0 aromatic rings. The molecular formula is C11H23N. The molecule has 1 N–H and O–H groups in total. The molecule has 1 heteroatoms. The summed E-state index contributed by atoms with van der Waals surface area (Å²) in [5.74, 6) is 0. The quantitative estimate of drug-likeness (QED) is 0.667. The van der Waals surface area contributed by atoms with Crippen molar-refractivity contribution in [3.05, 3.63) is 13.3 Å². The molecule has 2 radical (unpaired) electrons. The van der Waals surface area contributed by atoms with E-state index < -0.39 is 0 Å². The lowest BCUT2D eigenvalue weighted by molar-refractivity contribution is 0.287. The fraction of sp³-hybridized carbons (Fsp3) is 0.818. The molecule has 0 aliphatic carbocycles. The van der Waals surface area contributed by atoms with Crippen LogP contribution in [0.4, 0.5) is 0 Å². The zero-order chi connectivity index (χ0) is 9.83. The fourth-order valence-corrected chi connectivity index (χ4v) is 1.14. The van der Waals surface area contributed by atoms with Crippen LogP contribution >= 0.6 is 0 Å². The van der Waals surface area contributed by atoms with Crippen LogP contribution in [-0.4, -0.2) is 11.1 Å². The van der Waals surface area contributed by atoms with Crippen molar-refractivity contribution in [1.82, 2.24) is 5.32 Å². The summed E-state index contributed by atoms with van der Waals surface area (Å²) in [6.07, 6.45) is 4.37. The van der Waals surface area contributed by atoms with Crippen LogP contribution in [0.25, 0.3) is 0 Å². The second kappa shape index (κ2) is 4.27. The lowest BCUT2D eigenvalue weighted by atomic mass is 9.90. The Morgan fingerprint density at radius 1 is 1.25 bits per heavy atom. The van der Waals surface area contributed by atoms with Gasteiger partial charge < -0.3 is 5.32 Å². The molecule has 0 amide bonds. The third-order valence-electron chi connectivity index (χ3n) is 2.74. The van der Waals surface area contributed by atoms with Crippen LogP contribution in [-0.2, 0) is 0 Å². The molecule has 0 rings (SSSR count). The molecule has 0 fully saturated rings. The van der Waals surface area contributed by atoms with E-state index in [2.05, 4.69) is 53.3 Å². The Balaban J connectivity index is 4.20. The average molecular weight is 169 g/mol. The highest BCUT2D eigenvalue weighted by atomic mass is 15.0. The minimum Gasteiger partial charge on any atom is -0.306 e. The number of nitrogens with one attached hydrogen (secondary N) is 1. The van der Waals surface area contributed by atoms with E-state index in [1.807, 2.05) is 0 Å². The first kappa shape index (κ1) is 12.0. The van der Waals surface area contributed by atoms with E-state index in [9.17, 15) is 0 Å². The van der Waals surface area contributed by atoms with Gasteiger partial charge in [-0.3, -0.25) is 0 Å². The molecule has 0 aromatic heterocycles. The van der Waals surface area contributed by atoms with Gasteiger partial charge in [-0.25, -0.2) is 0 Å². The standard InChI is InChI=1S/C11H23N/c1-7-10(4,5)12-11(6,8-2)9-3/h8,12H,4,7,9H2,1-3,5-6H3. The van der Waals surface area contributed by atoms with E-state index in [4.69, 9.17) is 0 Å². The second-order valence-corrected chi connectivity index (χ2v) is 4.10. The van der Waals surface area contributed by atoms with Crippen LogP contribution < -0.4 is 5.32 Å². The van der Waals surface area contributed by atoms with Crippen molar-refractivity contribution < 1.29 is 0 Å². The lowest BCUT2D eigenvalue weighted by Crippen LogP contribution is -2.53. The summed E-state index contributed by atoms with van der Waals surface area (Å²) in [5.41, 5.74) is 0.129. The van der Waals surface area contributed by atoms with Crippen LogP contribution in [0, 0.1) is 13.3 Å². The van der Waals surface area contributed by atoms with Crippen molar-refractivity contribution in [1.29, 1.82) is 0 Å². The zero-order valence-corrected chi connectivity index (χ0v) is 9.20. The number of hydrogen-bond donors (Lipinski definition) is 1. The topological polar surface area (TPSA) is 12.0 Å². The first-order valence-electron chi connectivity index (χ1n) is 4.84. The van der Waals surface area contributed by atoms with Crippen molar-refractivity contribution >= 4 is 0 Å². The van der Waals surface area contributed by atoms with Gasteiger partial charge in [0.15, 0.2) is 0 Å². The Hall–Kier alpha value is -0.0400. The van der Waals surface area contributed by atoms with Crippen molar-refractivity contribution in [3.63, 3.8) is 0 Å². The summed E-state index contributed by atoms with van der Waals surface area (Å²) in [5, 5.41) is 3.55. The first-order chi connectivity index (χ1) is 5.39. The van der Waals surface area contributed by atoms with Gasteiger partial charge in [0.25, 0.3) is 0 Å². The van der Waals surface area contributed by atoms with Gasteiger partial charge in [0.2, 0.25) is 0 Å². The second-order valence-electron chi connectivity index (χ2n) is 4.10. The molecule has 2 atom stereocenters. The SMILES string of the molecule is [CH2]C(C)(CC)NC(C)([CH]C)CC. The Morgan fingerprint density at radius 3 is 2.00 bits per heavy atom. The maximum Gasteiger partial charge on any atom is 0.0184 e. The summed E-state index contributed by atoms with van der Waals surface area (Å²) < 4.78 is 0. The molecule has 0 saturated heterocycles. The summed E-state index contributed by atoms with van der Waals surface area (Å²) in [6.45, 7) is 14.9. The molecule has 0 aliphatic heterocycles. The minimum atomic E-state index is -0.00271. The zero-order valence-electron chi connectivity index (χ0n) is 9.20. The van der Waals surface area contributed by atoms with Crippen molar-refractivity contribution in [3.8, 4) is 0 Å². The maximum absolute atomic E-state index is 4.14. The van der Waals surface area contributed by atoms with Crippen LogP contribution in [0.2, 0.25) is 0 Å².